The molecule has 1 aromatic rings. The predicted octanol–water partition coefficient (Wildman–Crippen LogP) is 2.02. The van der Waals surface area contributed by atoms with Gasteiger partial charge in [-0.15, -0.1) is 0 Å². The maximum Gasteiger partial charge on any atom is 0.294 e. The van der Waals surface area contributed by atoms with Gasteiger partial charge in [-0.1, -0.05) is 13.3 Å². The van der Waals surface area contributed by atoms with Gasteiger partial charge in [0.2, 0.25) is 0 Å². The topological polar surface area (TPSA) is 78.4 Å². The van der Waals surface area contributed by atoms with Crippen LogP contribution in [0.2, 0.25) is 0 Å². The lowest BCUT2D eigenvalue weighted by atomic mass is 10.3. The predicted molar refractivity (Wildman–Crippen MR) is 75.4 cm³/mol. The third kappa shape index (κ3) is 4.99. The molecule has 7 heteroatoms. The molecule has 0 bridgehead atoms. The highest BCUT2D eigenvalue weighted by atomic mass is 32.2. The summed E-state index contributed by atoms with van der Waals surface area (Å²) in [4.78, 5) is -0.141. The van der Waals surface area contributed by atoms with Gasteiger partial charge in [-0.25, -0.2) is 0 Å². The van der Waals surface area contributed by atoms with Crippen LogP contribution in [0.1, 0.15) is 19.8 Å². The molecule has 0 aliphatic heterocycles. The first-order chi connectivity index (χ1) is 8.43. The lowest BCUT2D eigenvalue weighted by Gasteiger charge is -2.10. The number of hydrogen-bond acceptors (Lipinski definition) is 3. The quantitative estimate of drug-likeness (QED) is 0.437. The molecule has 18 heavy (non-hydrogen) atoms. The van der Waals surface area contributed by atoms with E-state index in [0.29, 0.717) is 10.8 Å². The first-order valence-electron chi connectivity index (χ1n) is 5.56. The Kier molecular flexibility index (Phi) is 5.52. The molecule has 100 valence electrons. The molecule has 0 aromatic heterocycles. The maximum atomic E-state index is 10.8. The number of hydrogen-bond donors (Lipinski definition) is 3. The van der Waals surface area contributed by atoms with Crippen molar-refractivity contribution in [1.82, 2.24) is 5.32 Å². The number of benzene rings is 1. The summed E-state index contributed by atoms with van der Waals surface area (Å²) in [7, 11) is -4.14. The van der Waals surface area contributed by atoms with Gasteiger partial charge in [0.1, 0.15) is 0 Å². The average molecular weight is 288 g/mol. The van der Waals surface area contributed by atoms with E-state index in [-0.39, 0.29) is 4.90 Å². The molecule has 0 heterocycles. The van der Waals surface area contributed by atoms with Gasteiger partial charge in [0.15, 0.2) is 5.11 Å². The molecule has 1 aromatic carbocycles. The van der Waals surface area contributed by atoms with Crippen LogP contribution in [-0.2, 0) is 10.1 Å². The molecule has 0 fully saturated rings. The lowest BCUT2D eigenvalue weighted by molar-refractivity contribution is 0.483. The first-order valence-corrected chi connectivity index (χ1v) is 7.40. The Balaban J connectivity index is 2.56. The van der Waals surface area contributed by atoms with Gasteiger partial charge >= 0.3 is 0 Å². The Labute approximate surface area is 112 Å². The van der Waals surface area contributed by atoms with E-state index >= 15 is 0 Å². The van der Waals surface area contributed by atoms with Crippen LogP contribution in [0.15, 0.2) is 29.2 Å². The van der Waals surface area contributed by atoms with Crippen LogP contribution < -0.4 is 10.6 Å². The van der Waals surface area contributed by atoms with Crippen LogP contribution in [0.25, 0.3) is 0 Å². The van der Waals surface area contributed by atoms with Crippen LogP contribution in [0.4, 0.5) is 5.69 Å². The molecule has 0 atom stereocenters. The standard InChI is InChI=1S/C11H16N2O3S2/c1-2-3-8-12-11(17)13-9-4-6-10(7-5-9)18(14,15)16/h4-7H,2-3,8H2,1H3,(H2,12,13,17)(H,14,15,16). The van der Waals surface area contributed by atoms with Crippen LogP contribution in [-0.4, -0.2) is 24.6 Å². The molecule has 0 aliphatic rings. The van der Waals surface area contributed by atoms with Crippen molar-refractivity contribution < 1.29 is 13.0 Å². The fourth-order valence-electron chi connectivity index (χ4n) is 1.26. The minimum absolute atomic E-state index is 0.141. The summed E-state index contributed by atoms with van der Waals surface area (Å²) in [6.07, 6.45) is 2.11. The fourth-order valence-corrected chi connectivity index (χ4v) is 1.96. The smallest absolute Gasteiger partial charge is 0.294 e. The zero-order valence-corrected chi connectivity index (χ0v) is 11.6. The van der Waals surface area contributed by atoms with E-state index in [0.717, 1.165) is 19.4 Å². The number of unbranched alkanes of at least 4 members (excludes halogenated alkanes) is 1. The normalized spacial score (nSPS) is 11.0. The molecule has 3 N–H and O–H groups in total. The Morgan fingerprint density at radius 3 is 2.44 bits per heavy atom. The van der Waals surface area contributed by atoms with Crippen LogP contribution in [0, 0.1) is 0 Å². The van der Waals surface area contributed by atoms with Gasteiger partial charge in [0.05, 0.1) is 4.90 Å². The lowest BCUT2D eigenvalue weighted by Crippen LogP contribution is -2.29. The highest BCUT2D eigenvalue weighted by Gasteiger charge is 2.08. The summed E-state index contributed by atoms with van der Waals surface area (Å²) in [5, 5.41) is 6.44. The van der Waals surface area contributed by atoms with E-state index in [1.165, 1.54) is 24.3 Å². The Bertz CT molecular complexity index is 498. The highest BCUT2D eigenvalue weighted by molar-refractivity contribution is 7.85. The zero-order valence-electron chi connectivity index (χ0n) is 10.0. The monoisotopic (exact) mass is 288 g/mol. The Hall–Kier alpha value is -1.18. The molecule has 0 unspecified atom stereocenters. The molecular weight excluding hydrogens is 272 g/mol. The highest BCUT2D eigenvalue weighted by Crippen LogP contribution is 2.13. The van der Waals surface area contributed by atoms with Crippen molar-refractivity contribution in [3.63, 3.8) is 0 Å². The van der Waals surface area contributed by atoms with E-state index < -0.39 is 10.1 Å². The second-order valence-corrected chi connectivity index (χ2v) is 5.56. The molecule has 0 aliphatic carbocycles. The molecule has 0 amide bonds. The van der Waals surface area contributed by atoms with Crippen molar-refractivity contribution in [1.29, 1.82) is 0 Å². The van der Waals surface area contributed by atoms with Gasteiger partial charge in [-0.3, -0.25) is 4.55 Å². The summed E-state index contributed by atoms with van der Waals surface area (Å²) in [5.41, 5.74) is 0.663. The van der Waals surface area contributed by atoms with E-state index in [9.17, 15) is 8.42 Å². The molecule has 5 nitrogen and oxygen atoms in total. The van der Waals surface area contributed by atoms with Gasteiger partial charge in [-0.2, -0.15) is 8.42 Å². The summed E-state index contributed by atoms with van der Waals surface area (Å²) in [6, 6.07) is 5.70. The maximum absolute atomic E-state index is 10.8. The zero-order chi connectivity index (χ0) is 13.6. The van der Waals surface area contributed by atoms with Gasteiger partial charge in [-0.05, 0) is 42.9 Å². The van der Waals surface area contributed by atoms with Gasteiger partial charge in [0.25, 0.3) is 10.1 Å². The SMILES string of the molecule is CCCCNC(=S)Nc1ccc(S(=O)(=O)O)cc1. The van der Waals surface area contributed by atoms with E-state index in [2.05, 4.69) is 17.6 Å². The Morgan fingerprint density at radius 2 is 1.94 bits per heavy atom. The van der Waals surface area contributed by atoms with Crippen molar-refractivity contribution in [3.05, 3.63) is 24.3 Å². The second kappa shape index (κ2) is 6.67. The number of nitrogens with one attached hydrogen (secondary N) is 2. The fraction of sp³-hybridized carbons (Fsp3) is 0.364. The first kappa shape index (κ1) is 14.9. The molecule has 0 saturated heterocycles. The third-order valence-electron chi connectivity index (χ3n) is 2.23. The summed E-state index contributed by atoms with van der Waals surface area (Å²) < 4.78 is 30.5. The summed E-state index contributed by atoms with van der Waals surface area (Å²) >= 11 is 5.07. The van der Waals surface area contributed by atoms with E-state index in [1.54, 1.807) is 0 Å². The largest absolute Gasteiger partial charge is 0.362 e. The summed E-state index contributed by atoms with van der Waals surface area (Å²) in [6.45, 7) is 2.89. The van der Waals surface area contributed by atoms with Crippen LogP contribution >= 0.6 is 12.2 Å². The average Bonchev–Trinajstić information content (AvgIpc) is 2.29. The van der Waals surface area contributed by atoms with Crippen LogP contribution in [0.5, 0.6) is 0 Å². The second-order valence-electron chi connectivity index (χ2n) is 3.73. The minimum Gasteiger partial charge on any atom is -0.362 e. The molecule has 1 rings (SSSR count). The molecule has 0 saturated carbocycles. The molecule has 0 spiro atoms. The minimum atomic E-state index is -4.14. The molecular formula is C11H16N2O3S2. The van der Waals surface area contributed by atoms with Crippen molar-refractivity contribution in [2.75, 3.05) is 11.9 Å². The summed E-state index contributed by atoms with van der Waals surface area (Å²) in [5.74, 6) is 0. The number of thiocarbonyl (C=S) groups is 1. The van der Waals surface area contributed by atoms with Crippen LogP contribution in [0.3, 0.4) is 0 Å². The van der Waals surface area contributed by atoms with Gasteiger partial charge < -0.3 is 10.6 Å². The third-order valence-corrected chi connectivity index (χ3v) is 3.34. The van der Waals surface area contributed by atoms with E-state index in [4.69, 9.17) is 16.8 Å². The van der Waals surface area contributed by atoms with Crippen molar-refractivity contribution in [2.24, 2.45) is 0 Å². The molecule has 0 radical (unpaired) electrons. The van der Waals surface area contributed by atoms with E-state index in [1.807, 2.05) is 0 Å². The Morgan fingerprint density at radius 1 is 1.33 bits per heavy atom. The van der Waals surface area contributed by atoms with Gasteiger partial charge in [0, 0.05) is 12.2 Å². The number of anilines is 1. The number of rotatable bonds is 5. The van der Waals surface area contributed by atoms with Crippen molar-refractivity contribution >= 4 is 33.1 Å². The van der Waals surface area contributed by atoms with Crippen molar-refractivity contribution in [2.45, 2.75) is 24.7 Å². The van der Waals surface area contributed by atoms with Crippen molar-refractivity contribution in [3.8, 4) is 0 Å².